The van der Waals surface area contributed by atoms with Crippen LogP contribution in [0.15, 0.2) is 12.1 Å². The van der Waals surface area contributed by atoms with Crippen molar-refractivity contribution in [1.29, 1.82) is 0 Å². The molecular formula is C14H19Cl2FN2O2. The van der Waals surface area contributed by atoms with E-state index in [0.717, 1.165) is 0 Å². The Balaban J connectivity index is 2.70. The van der Waals surface area contributed by atoms with E-state index in [4.69, 9.17) is 27.9 Å². The summed E-state index contributed by atoms with van der Waals surface area (Å²) in [5.41, 5.74) is 0.440. The van der Waals surface area contributed by atoms with E-state index in [1.165, 1.54) is 12.1 Å². The Morgan fingerprint density at radius 2 is 2.05 bits per heavy atom. The molecule has 4 nitrogen and oxygen atoms in total. The molecule has 0 aliphatic rings. The zero-order valence-corrected chi connectivity index (χ0v) is 13.7. The molecule has 0 fully saturated rings. The predicted octanol–water partition coefficient (Wildman–Crippen LogP) is 2.93. The van der Waals surface area contributed by atoms with Crippen LogP contribution in [0.2, 0.25) is 10.0 Å². The first-order valence-corrected chi connectivity index (χ1v) is 7.30. The monoisotopic (exact) mass is 336 g/mol. The molecule has 0 spiro atoms. The van der Waals surface area contributed by atoms with Crippen molar-refractivity contribution in [3.63, 3.8) is 0 Å². The lowest BCUT2D eigenvalue weighted by Gasteiger charge is -2.22. The van der Waals surface area contributed by atoms with Crippen LogP contribution >= 0.6 is 23.2 Å². The largest absolute Gasteiger partial charge is 0.383 e. The van der Waals surface area contributed by atoms with Crippen LogP contribution in [0.5, 0.6) is 0 Å². The number of methoxy groups -OCH3 is 1. The topological polar surface area (TPSA) is 50.4 Å². The van der Waals surface area contributed by atoms with Crippen LogP contribution in [-0.2, 0) is 9.53 Å². The summed E-state index contributed by atoms with van der Waals surface area (Å²) in [6.45, 7) is 4.35. The SMILES string of the molecule is COCCNC(=O)C(C)NC(C)c1c(Cl)ccc(F)c1Cl. The fourth-order valence-corrected chi connectivity index (χ4v) is 2.60. The van der Waals surface area contributed by atoms with E-state index >= 15 is 0 Å². The molecule has 2 N–H and O–H groups in total. The molecule has 7 heteroatoms. The van der Waals surface area contributed by atoms with Crippen molar-refractivity contribution >= 4 is 29.1 Å². The fourth-order valence-electron chi connectivity index (χ4n) is 1.90. The maximum absolute atomic E-state index is 13.5. The van der Waals surface area contributed by atoms with Crippen LogP contribution in [0, 0.1) is 5.82 Å². The van der Waals surface area contributed by atoms with E-state index < -0.39 is 11.9 Å². The molecule has 0 aromatic heterocycles. The van der Waals surface area contributed by atoms with Crippen molar-refractivity contribution < 1.29 is 13.9 Å². The molecule has 2 unspecified atom stereocenters. The summed E-state index contributed by atoms with van der Waals surface area (Å²) in [5, 5.41) is 6.08. The minimum absolute atomic E-state index is 0.0329. The first kappa shape index (κ1) is 18.2. The van der Waals surface area contributed by atoms with E-state index in [1.807, 2.05) is 0 Å². The lowest BCUT2D eigenvalue weighted by Crippen LogP contribution is -2.44. The highest BCUT2D eigenvalue weighted by Crippen LogP contribution is 2.32. The second kappa shape index (κ2) is 8.54. The van der Waals surface area contributed by atoms with Crippen LogP contribution in [0.4, 0.5) is 4.39 Å². The maximum Gasteiger partial charge on any atom is 0.236 e. The lowest BCUT2D eigenvalue weighted by atomic mass is 10.1. The smallest absolute Gasteiger partial charge is 0.236 e. The Bertz CT molecular complexity index is 500. The van der Waals surface area contributed by atoms with E-state index in [1.54, 1.807) is 21.0 Å². The van der Waals surface area contributed by atoms with Gasteiger partial charge in [0.15, 0.2) is 0 Å². The van der Waals surface area contributed by atoms with Gasteiger partial charge in [0.25, 0.3) is 0 Å². The fraction of sp³-hybridized carbons (Fsp3) is 0.500. The van der Waals surface area contributed by atoms with Crippen molar-refractivity contribution in [2.45, 2.75) is 25.9 Å². The number of carbonyl (C=O) groups excluding carboxylic acids is 1. The molecule has 1 amide bonds. The highest BCUT2D eigenvalue weighted by atomic mass is 35.5. The van der Waals surface area contributed by atoms with Gasteiger partial charge >= 0.3 is 0 Å². The number of ether oxygens (including phenoxy) is 1. The molecule has 0 radical (unpaired) electrons. The van der Waals surface area contributed by atoms with Gasteiger partial charge in [0.05, 0.1) is 17.7 Å². The molecule has 1 aromatic rings. The summed E-state index contributed by atoms with van der Waals surface area (Å²) in [6.07, 6.45) is 0. The molecule has 0 aliphatic heterocycles. The molecule has 2 atom stereocenters. The summed E-state index contributed by atoms with van der Waals surface area (Å²) < 4.78 is 18.4. The molecule has 118 valence electrons. The van der Waals surface area contributed by atoms with Gasteiger partial charge in [0.1, 0.15) is 5.82 Å². The number of halogens is 3. The van der Waals surface area contributed by atoms with Crippen LogP contribution in [0.3, 0.4) is 0 Å². The standard InChI is InChI=1S/C14H19Cl2FN2O2/c1-8(12-10(15)4-5-11(17)13(12)16)19-9(2)14(20)18-6-7-21-3/h4-5,8-9,19H,6-7H2,1-3H3,(H,18,20). The van der Waals surface area contributed by atoms with Crippen molar-refractivity contribution in [3.8, 4) is 0 Å². The Morgan fingerprint density at radius 3 is 2.67 bits per heavy atom. The highest BCUT2D eigenvalue weighted by molar-refractivity contribution is 6.36. The number of benzene rings is 1. The summed E-state index contributed by atoms with van der Waals surface area (Å²) in [6, 6.07) is 1.80. The Morgan fingerprint density at radius 1 is 1.38 bits per heavy atom. The minimum atomic E-state index is -0.540. The van der Waals surface area contributed by atoms with Crippen LogP contribution in [-0.4, -0.2) is 32.2 Å². The third kappa shape index (κ3) is 5.11. The molecule has 0 saturated heterocycles. The van der Waals surface area contributed by atoms with E-state index in [0.29, 0.717) is 23.7 Å². The maximum atomic E-state index is 13.5. The quantitative estimate of drug-likeness (QED) is 0.594. The van der Waals surface area contributed by atoms with Gasteiger partial charge < -0.3 is 10.1 Å². The van der Waals surface area contributed by atoms with Crippen LogP contribution in [0.25, 0.3) is 0 Å². The lowest BCUT2D eigenvalue weighted by molar-refractivity contribution is -0.123. The Kier molecular flexibility index (Phi) is 7.39. The summed E-state index contributed by atoms with van der Waals surface area (Å²) >= 11 is 12.0. The average molecular weight is 337 g/mol. The Labute approximate surface area is 133 Å². The summed E-state index contributed by atoms with van der Waals surface area (Å²) in [5.74, 6) is -0.718. The third-order valence-corrected chi connectivity index (χ3v) is 3.72. The number of hydrogen-bond acceptors (Lipinski definition) is 3. The highest BCUT2D eigenvalue weighted by Gasteiger charge is 2.21. The second-order valence-corrected chi connectivity index (χ2v) is 5.44. The van der Waals surface area contributed by atoms with E-state index in [-0.39, 0.29) is 17.0 Å². The van der Waals surface area contributed by atoms with Crippen molar-refractivity contribution in [3.05, 3.63) is 33.6 Å². The van der Waals surface area contributed by atoms with Gasteiger partial charge in [-0.3, -0.25) is 10.1 Å². The van der Waals surface area contributed by atoms with Gasteiger partial charge in [0.2, 0.25) is 5.91 Å². The van der Waals surface area contributed by atoms with Gasteiger partial charge in [-0.1, -0.05) is 23.2 Å². The van der Waals surface area contributed by atoms with Gasteiger partial charge in [-0.15, -0.1) is 0 Å². The minimum Gasteiger partial charge on any atom is -0.383 e. The molecule has 21 heavy (non-hydrogen) atoms. The zero-order valence-electron chi connectivity index (χ0n) is 12.2. The molecule has 1 rings (SSSR count). The number of rotatable bonds is 7. The zero-order chi connectivity index (χ0) is 16.0. The molecule has 0 aliphatic carbocycles. The van der Waals surface area contributed by atoms with Gasteiger partial charge in [-0.05, 0) is 26.0 Å². The normalized spacial score (nSPS) is 13.8. The van der Waals surface area contributed by atoms with Gasteiger partial charge in [-0.2, -0.15) is 0 Å². The Hall–Kier alpha value is -0.880. The van der Waals surface area contributed by atoms with Crippen molar-refractivity contribution in [1.82, 2.24) is 10.6 Å². The van der Waals surface area contributed by atoms with Crippen molar-refractivity contribution in [2.24, 2.45) is 0 Å². The average Bonchev–Trinajstić information content (AvgIpc) is 2.43. The number of amides is 1. The van der Waals surface area contributed by atoms with E-state index in [2.05, 4.69) is 10.6 Å². The summed E-state index contributed by atoms with van der Waals surface area (Å²) in [4.78, 5) is 11.9. The number of carbonyl (C=O) groups is 1. The van der Waals surface area contributed by atoms with Gasteiger partial charge in [-0.25, -0.2) is 4.39 Å². The molecular weight excluding hydrogens is 318 g/mol. The first-order valence-electron chi connectivity index (χ1n) is 6.54. The van der Waals surface area contributed by atoms with Crippen molar-refractivity contribution in [2.75, 3.05) is 20.3 Å². The van der Waals surface area contributed by atoms with Gasteiger partial charge in [0, 0.05) is 30.3 Å². The summed E-state index contributed by atoms with van der Waals surface area (Å²) in [7, 11) is 1.56. The second-order valence-electron chi connectivity index (χ2n) is 4.65. The number of hydrogen-bond donors (Lipinski definition) is 2. The molecule has 1 aromatic carbocycles. The third-order valence-electron chi connectivity index (χ3n) is 3.01. The van der Waals surface area contributed by atoms with E-state index in [9.17, 15) is 9.18 Å². The van der Waals surface area contributed by atoms with Crippen LogP contribution in [0.1, 0.15) is 25.5 Å². The first-order chi connectivity index (χ1) is 9.88. The molecule has 0 bridgehead atoms. The van der Waals surface area contributed by atoms with Crippen LogP contribution < -0.4 is 10.6 Å². The molecule has 0 saturated carbocycles. The number of nitrogens with one attached hydrogen (secondary N) is 2. The molecule has 0 heterocycles. The predicted molar refractivity (Wildman–Crippen MR) is 82.3 cm³/mol.